The smallest absolute Gasteiger partial charge is 0.414 e. The van der Waals surface area contributed by atoms with Crippen LogP contribution in [0, 0.1) is 0 Å². The minimum Gasteiger partial charge on any atom is -0.473 e. The van der Waals surface area contributed by atoms with Crippen LogP contribution in [0.15, 0.2) is 0 Å². The van der Waals surface area contributed by atoms with Crippen molar-refractivity contribution in [3.05, 3.63) is 0 Å². The second-order valence-corrected chi connectivity index (χ2v) is 3.84. The van der Waals surface area contributed by atoms with Crippen molar-refractivity contribution in [2.24, 2.45) is 0 Å². The van der Waals surface area contributed by atoms with Crippen LogP contribution >= 0.6 is 0 Å². The van der Waals surface area contributed by atoms with Crippen molar-refractivity contribution < 1.29 is 29.4 Å². The third-order valence-electron chi connectivity index (χ3n) is 1.94. The summed E-state index contributed by atoms with van der Waals surface area (Å²) in [7, 11) is 0. The molecule has 0 radical (unpaired) electrons. The van der Waals surface area contributed by atoms with Crippen molar-refractivity contribution >= 4 is 23.5 Å². The Kier molecular flexibility index (Phi) is 12.2. The number of carbonyl (C=O) groups excluding carboxylic acids is 2. The van der Waals surface area contributed by atoms with Crippen molar-refractivity contribution in [1.82, 2.24) is 0 Å². The number of hydrogen-bond donors (Lipinski definition) is 2. The van der Waals surface area contributed by atoms with Gasteiger partial charge in [-0.25, -0.2) is 9.59 Å². The van der Waals surface area contributed by atoms with Crippen LogP contribution in [-0.2, 0) is 19.2 Å². The fraction of sp³-hybridized carbons (Fsp3) is 0.667. The molecule has 0 saturated heterocycles. The molecule has 6 heteroatoms. The van der Waals surface area contributed by atoms with Gasteiger partial charge in [-0.2, -0.15) is 0 Å². The number of carboxylic acids is 2. The van der Waals surface area contributed by atoms with Crippen molar-refractivity contribution in [2.45, 2.75) is 52.4 Å². The third kappa shape index (κ3) is 16.7. The predicted molar refractivity (Wildman–Crippen MR) is 64.3 cm³/mol. The largest absolute Gasteiger partial charge is 0.473 e. The average molecular weight is 260 g/mol. The fourth-order valence-electron chi connectivity index (χ4n) is 1.11. The summed E-state index contributed by atoms with van der Waals surface area (Å²) in [6.07, 6.45) is 5.14. The van der Waals surface area contributed by atoms with Crippen LogP contribution in [0.5, 0.6) is 0 Å². The Bertz CT molecular complexity index is 283. The highest BCUT2D eigenvalue weighted by Crippen LogP contribution is 2.04. The van der Waals surface area contributed by atoms with Crippen LogP contribution in [0.1, 0.15) is 52.4 Å². The van der Waals surface area contributed by atoms with Crippen LogP contribution in [-0.4, -0.2) is 33.7 Å². The maximum absolute atomic E-state index is 11.0. The molecule has 0 aliphatic heterocycles. The first-order valence-electron chi connectivity index (χ1n) is 5.78. The number of rotatable bonds is 7. The zero-order valence-electron chi connectivity index (χ0n) is 10.8. The van der Waals surface area contributed by atoms with Crippen LogP contribution in [0.25, 0.3) is 0 Å². The quantitative estimate of drug-likeness (QED) is 0.409. The minimum absolute atomic E-state index is 0.0181. The van der Waals surface area contributed by atoms with Gasteiger partial charge in [-0.1, -0.05) is 26.2 Å². The molecule has 0 unspecified atom stereocenters. The molecule has 104 valence electrons. The van der Waals surface area contributed by atoms with Gasteiger partial charge in [0.05, 0.1) is 6.42 Å². The fourth-order valence-corrected chi connectivity index (χ4v) is 1.11. The molecule has 0 bridgehead atoms. The Balaban J connectivity index is 0. The lowest BCUT2D eigenvalue weighted by atomic mass is 10.1. The highest BCUT2D eigenvalue weighted by atomic mass is 16.4. The van der Waals surface area contributed by atoms with Gasteiger partial charge in [-0.15, -0.1) is 0 Å². The maximum Gasteiger partial charge on any atom is 0.414 e. The first-order chi connectivity index (χ1) is 8.31. The van der Waals surface area contributed by atoms with E-state index < -0.39 is 11.9 Å². The molecule has 0 fully saturated rings. The zero-order valence-corrected chi connectivity index (χ0v) is 10.8. The molecule has 0 aliphatic carbocycles. The molecular weight excluding hydrogens is 240 g/mol. The molecule has 0 aromatic carbocycles. The molecule has 0 heterocycles. The summed E-state index contributed by atoms with van der Waals surface area (Å²) in [6, 6.07) is 0. The first-order valence-corrected chi connectivity index (χ1v) is 5.78. The minimum atomic E-state index is -1.82. The van der Waals surface area contributed by atoms with E-state index in [1.807, 2.05) is 0 Å². The molecule has 0 spiro atoms. The molecule has 0 aliphatic rings. The van der Waals surface area contributed by atoms with Crippen molar-refractivity contribution in [1.29, 1.82) is 0 Å². The molecule has 0 saturated carbocycles. The number of carboxylic acid groups (broad SMARTS) is 2. The number of ketones is 2. The normalized spacial score (nSPS) is 9.00. The number of aliphatic carboxylic acids is 2. The van der Waals surface area contributed by atoms with E-state index in [1.54, 1.807) is 0 Å². The van der Waals surface area contributed by atoms with Gasteiger partial charge in [0.2, 0.25) is 0 Å². The predicted octanol–water partition coefficient (Wildman–Crippen LogP) is 1.66. The summed E-state index contributed by atoms with van der Waals surface area (Å²) < 4.78 is 0. The standard InChI is InChI=1S/C10H18O2.C2H2O4/c1-3-4-5-6-7-10(12)8-9(2)11;3-1(4)2(5)6/h3-8H2,1-2H3;(H,3,4)(H,5,6). The van der Waals surface area contributed by atoms with E-state index in [9.17, 15) is 9.59 Å². The summed E-state index contributed by atoms with van der Waals surface area (Å²) in [6.45, 7) is 3.60. The summed E-state index contributed by atoms with van der Waals surface area (Å²) in [5.41, 5.74) is 0. The van der Waals surface area contributed by atoms with E-state index in [0.29, 0.717) is 6.42 Å². The van der Waals surface area contributed by atoms with Gasteiger partial charge in [0.1, 0.15) is 11.6 Å². The van der Waals surface area contributed by atoms with Gasteiger partial charge in [0, 0.05) is 6.42 Å². The van der Waals surface area contributed by atoms with E-state index in [1.165, 1.54) is 19.8 Å². The van der Waals surface area contributed by atoms with Crippen LogP contribution in [0.4, 0.5) is 0 Å². The van der Waals surface area contributed by atoms with Gasteiger partial charge < -0.3 is 10.2 Å². The SMILES string of the molecule is CCCCCCC(=O)CC(C)=O.O=C(O)C(=O)O. The highest BCUT2D eigenvalue weighted by molar-refractivity contribution is 6.27. The second kappa shape index (κ2) is 11.8. The summed E-state index contributed by atoms with van der Waals surface area (Å²) in [5.74, 6) is -3.57. The molecule has 2 N–H and O–H groups in total. The average Bonchev–Trinajstić information content (AvgIpc) is 2.24. The van der Waals surface area contributed by atoms with E-state index in [2.05, 4.69) is 6.92 Å². The molecule has 0 amide bonds. The number of hydrogen-bond acceptors (Lipinski definition) is 4. The number of Topliss-reactive ketones (excluding diaryl/α,β-unsaturated/α-hetero) is 2. The lowest BCUT2D eigenvalue weighted by molar-refractivity contribution is -0.159. The molecule has 6 nitrogen and oxygen atoms in total. The lowest BCUT2D eigenvalue weighted by Crippen LogP contribution is -2.09. The molecular formula is C12H20O6. The number of carbonyl (C=O) groups is 4. The van der Waals surface area contributed by atoms with Crippen molar-refractivity contribution in [2.75, 3.05) is 0 Å². The van der Waals surface area contributed by atoms with Gasteiger partial charge in [0.25, 0.3) is 0 Å². The van der Waals surface area contributed by atoms with Crippen LogP contribution in [0.2, 0.25) is 0 Å². The molecule has 0 aromatic rings. The summed E-state index contributed by atoms with van der Waals surface area (Å²) >= 11 is 0. The molecule has 0 rings (SSSR count). The lowest BCUT2D eigenvalue weighted by Gasteiger charge is -1.97. The third-order valence-corrected chi connectivity index (χ3v) is 1.94. The van der Waals surface area contributed by atoms with Gasteiger partial charge in [-0.05, 0) is 13.3 Å². The van der Waals surface area contributed by atoms with Crippen molar-refractivity contribution in [3.63, 3.8) is 0 Å². The Morgan fingerprint density at radius 3 is 1.72 bits per heavy atom. The Labute approximate surface area is 106 Å². The topological polar surface area (TPSA) is 109 Å². The summed E-state index contributed by atoms with van der Waals surface area (Å²) in [5, 5.41) is 14.8. The summed E-state index contributed by atoms with van der Waals surface area (Å²) in [4.78, 5) is 39.7. The zero-order chi connectivity index (χ0) is 14.6. The van der Waals surface area contributed by atoms with Crippen LogP contribution in [0.3, 0.4) is 0 Å². The Hall–Kier alpha value is -1.72. The van der Waals surface area contributed by atoms with E-state index in [4.69, 9.17) is 19.8 Å². The molecule has 18 heavy (non-hydrogen) atoms. The van der Waals surface area contributed by atoms with Gasteiger partial charge in [-0.3, -0.25) is 9.59 Å². The highest BCUT2D eigenvalue weighted by Gasteiger charge is 2.04. The maximum atomic E-state index is 11.0. The van der Waals surface area contributed by atoms with E-state index in [-0.39, 0.29) is 18.0 Å². The Morgan fingerprint density at radius 1 is 0.889 bits per heavy atom. The Morgan fingerprint density at radius 2 is 1.39 bits per heavy atom. The molecule has 0 aromatic heterocycles. The monoisotopic (exact) mass is 260 g/mol. The second-order valence-electron chi connectivity index (χ2n) is 3.84. The van der Waals surface area contributed by atoms with Gasteiger partial charge >= 0.3 is 11.9 Å². The number of unbranched alkanes of at least 4 members (excludes halogenated alkanes) is 3. The van der Waals surface area contributed by atoms with Crippen LogP contribution < -0.4 is 0 Å². The molecule has 0 atom stereocenters. The van der Waals surface area contributed by atoms with Crippen molar-refractivity contribution in [3.8, 4) is 0 Å². The van der Waals surface area contributed by atoms with Gasteiger partial charge in [0.15, 0.2) is 0 Å². The van der Waals surface area contributed by atoms with E-state index in [0.717, 1.165) is 12.8 Å². The first kappa shape index (κ1) is 18.6. The van der Waals surface area contributed by atoms with E-state index >= 15 is 0 Å².